The van der Waals surface area contributed by atoms with Crippen LogP contribution in [0.1, 0.15) is 69.8 Å². The Labute approximate surface area is 236 Å². The number of carbonyl (C=O) groups is 3. The van der Waals surface area contributed by atoms with E-state index < -0.39 is 11.6 Å². The number of nitrogens with zero attached hydrogens (tertiary/aromatic N) is 1. The van der Waals surface area contributed by atoms with Crippen molar-refractivity contribution < 1.29 is 19.1 Å². The van der Waals surface area contributed by atoms with E-state index >= 15 is 0 Å². The third-order valence-electron chi connectivity index (χ3n) is 7.06. The van der Waals surface area contributed by atoms with E-state index in [-0.39, 0.29) is 23.8 Å². The third-order valence-corrected chi connectivity index (χ3v) is 7.06. The van der Waals surface area contributed by atoms with Crippen molar-refractivity contribution >= 4 is 29.3 Å². The number of anilines is 2. The molecule has 0 spiro atoms. The Hall–Kier alpha value is -4.13. The van der Waals surface area contributed by atoms with E-state index in [2.05, 4.69) is 24.5 Å². The second-order valence-electron chi connectivity index (χ2n) is 11.8. The van der Waals surface area contributed by atoms with Gasteiger partial charge in [-0.05, 0) is 92.1 Å². The quantitative estimate of drug-likeness (QED) is 0.320. The molecule has 7 heteroatoms. The van der Waals surface area contributed by atoms with Gasteiger partial charge in [0.2, 0.25) is 5.91 Å². The maximum absolute atomic E-state index is 13.3. The number of carbonyl (C=O) groups excluding carboxylic acids is 3. The highest BCUT2D eigenvalue weighted by atomic mass is 16.6. The number of likely N-dealkylation sites (tertiary alicyclic amines) is 1. The second-order valence-corrected chi connectivity index (χ2v) is 11.8. The summed E-state index contributed by atoms with van der Waals surface area (Å²) in [4.78, 5) is 40.3. The summed E-state index contributed by atoms with van der Waals surface area (Å²) in [5.41, 5.74) is 4.41. The van der Waals surface area contributed by atoms with Gasteiger partial charge in [0.15, 0.2) is 0 Å². The molecule has 3 aromatic carbocycles. The average molecular weight is 542 g/mol. The zero-order valence-corrected chi connectivity index (χ0v) is 24.2. The molecule has 0 aromatic heterocycles. The van der Waals surface area contributed by atoms with Gasteiger partial charge in [0.25, 0.3) is 0 Å². The van der Waals surface area contributed by atoms with Crippen molar-refractivity contribution in [3.8, 4) is 11.1 Å². The first-order valence-electron chi connectivity index (χ1n) is 13.8. The third kappa shape index (κ3) is 7.08. The second kappa shape index (κ2) is 11.9. The minimum atomic E-state index is -0.560. The maximum atomic E-state index is 13.3. The molecule has 3 aromatic rings. The van der Waals surface area contributed by atoms with Crippen molar-refractivity contribution in [2.45, 2.75) is 65.5 Å². The lowest BCUT2D eigenvalue weighted by Crippen LogP contribution is -2.47. The summed E-state index contributed by atoms with van der Waals surface area (Å²) in [6.45, 7) is 12.3. The van der Waals surface area contributed by atoms with Gasteiger partial charge in [-0.25, -0.2) is 9.59 Å². The normalized spacial score (nSPS) is 17.0. The Bertz CT molecular complexity index is 1340. The lowest BCUT2D eigenvalue weighted by Gasteiger charge is -2.26. The number of ether oxygens (including phenoxy) is 1. The average Bonchev–Trinajstić information content (AvgIpc) is 3.30. The first kappa shape index (κ1) is 28.9. The fraction of sp³-hybridized carbons (Fsp3) is 0.364. The van der Waals surface area contributed by atoms with Crippen LogP contribution in [-0.4, -0.2) is 41.0 Å². The van der Waals surface area contributed by atoms with Gasteiger partial charge in [0, 0.05) is 17.9 Å². The molecule has 0 bridgehead atoms. The van der Waals surface area contributed by atoms with E-state index in [4.69, 9.17) is 4.74 Å². The van der Waals surface area contributed by atoms with Crippen molar-refractivity contribution in [3.05, 3.63) is 83.9 Å². The molecule has 2 N–H and O–H groups in total. The van der Waals surface area contributed by atoms with Crippen molar-refractivity contribution in [2.75, 3.05) is 17.2 Å². The van der Waals surface area contributed by atoms with Crippen LogP contribution < -0.4 is 10.6 Å². The van der Waals surface area contributed by atoms with Crippen molar-refractivity contribution in [1.82, 2.24) is 4.90 Å². The van der Waals surface area contributed by atoms with Crippen molar-refractivity contribution in [2.24, 2.45) is 5.92 Å². The highest BCUT2D eigenvalue weighted by Crippen LogP contribution is 2.28. The fourth-order valence-corrected chi connectivity index (χ4v) is 4.82. The smallest absolute Gasteiger partial charge is 0.338 e. The SMILES string of the molecule is CC(C)c1ccc(NC(=O)N2CC[C@H](C)[C@@H]2C(=O)Nc2ccc(-c3ccc(C(=O)OC(C)(C)C)cc3)cc2)cc1. The summed E-state index contributed by atoms with van der Waals surface area (Å²) in [6, 6.07) is 21.8. The molecular formula is C33H39N3O4. The van der Waals surface area contributed by atoms with Crippen LogP contribution >= 0.6 is 0 Å². The molecule has 4 rings (SSSR count). The predicted octanol–water partition coefficient (Wildman–Crippen LogP) is 7.31. The Morgan fingerprint density at radius 2 is 1.35 bits per heavy atom. The van der Waals surface area contributed by atoms with E-state index in [1.165, 1.54) is 5.56 Å². The van der Waals surface area contributed by atoms with Gasteiger partial charge in [0.1, 0.15) is 11.6 Å². The summed E-state index contributed by atoms with van der Waals surface area (Å²) < 4.78 is 5.43. The van der Waals surface area contributed by atoms with Crippen LogP contribution in [0.15, 0.2) is 72.8 Å². The van der Waals surface area contributed by atoms with Crippen LogP contribution in [0.5, 0.6) is 0 Å². The molecule has 1 aliphatic heterocycles. The number of urea groups is 1. The predicted molar refractivity (Wildman–Crippen MR) is 160 cm³/mol. The first-order valence-corrected chi connectivity index (χ1v) is 13.8. The Morgan fingerprint density at radius 1 is 0.825 bits per heavy atom. The standard InChI is InChI=1S/C33H39N3O4/c1-21(2)23-11-15-28(16-12-23)35-32(39)36-20-19-22(3)29(36)30(37)34-27-17-13-25(14-18-27)24-7-9-26(10-8-24)31(38)40-33(4,5)6/h7-18,21-22,29H,19-20H2,1-6H3,(H,34,37)(H,35,39)/t22-,29+/m0/s1. The lowest BCUT2D eigenvalue weighted by molar-refractivity contribution is -0.120. The van der Waals surface area contributed by atoms with Gasteiger partial charge in [-0.15, -0.1) is 0 Å². The molecular weight excluding hydrogens is 502 g/mol. The monoisotopic (exact) mass is 541 g/mol. The number of nitrogens with one attached hydrogen (secondary N) is 2. The van der Waals surface area contributed by atoms with E-state index in [9.17, 15) is 14.4 Å². The highest BCUT2D eigenvalue weighted by molar-refractivity contribution is 6.00. The maximum Gasteiger partial charge on any atom is 0.338 e. The summed E-state index contributed by atoms with van der Waals surface area (Å²) in [7, 11) is 0. The van der Waals surface area contributed by atoms with Crippen molar-refractivity contribution in [1.29, 1.82) is 0 Å². The first-order chi connectivity index (χ1) is 18.9. The zero-order valence-electron chi connectivity index (χ0n) is 24.2. The fourth-order valence-electron chi connectivity index (χ4n) is 4.82. The van der Waals surface area contributed by atoms with Gasteiger partial charge in [-0.1, -0.05) is 57.2 Å². The van der Waals surface area contributed by atoms with Gasteiger partial charge in [-0.2, -0.15) is 0 Å². The van der Waals surface area contributed by atoms with Crippen LogP contribution in [-0.2, 0) is 9.53 Å². The number of rotatable bonds is 6. The molecule has 1 saturated heterocycles. The molecule has 2 atom stereocenters. The lowest BCUT2D eigenvalue weighted by atomic mass is 10.0. The zero-order chi connectivity index (χ0) is 29.0. The topological polar surface area (TPSA) is 87.7 Å². The number of esters is 1. The molecule has 0 radical (unpaired) electrons. The van der Waals surface area contributed by atoms with Crippen LogP contribution in [0.3, 0.4) is 0 Å². The number of hydrogen-bond acceptors (Lipinski definition) is 4. The number of benzene rings is 3. The molecule has 7 nitrogen and oxygen atoms in total. The van der Waals surface area contributed by atoms with E-state index in [0.717, 1.165) is 17.5 Å². The Morgan fingerprint density at radius 3 is 1.90 bits per heavy atom. The Kier molecular flexibility index (Phi) is 8.62. The molecule has 0 saturated carbocycles. The summed E-state index contributed by atoms with van der Waals surface area (Å²) in [6.07, 6.45) is 0.760. The van der Waals surface area contributed by atoms with E-state index in [1.54, 1.807) is 17.0 Å². The molecule has 3 amide bonds. The number of amides is 3. The summed E-state index contributed by atoms with van der Waals surface area (Å²) in [5.74, 6) is -0.109. The molecule has 0 aliphatic carbocycles. The minimum Gasteiger partial charge on any atom is -0.456 e. The van der Waals surface area contributed by atoms with E-state index in [0.29, 0.717) is 29.4 Å². The highest BCUT2D eigenvalue weighted by Gasteiger charge is 2.39. The molecule has 1 aliphatic rings. The number of hydrogen-bond donors (Lipinski definition) is 2. The van der Waals surface area contributed by atoms with Crippen LogP contribution in [0.25, 0.3) is 11.1 Å². The van der Waals surface area contributed by atoms with Crippen LogP contribution in [0.2, 0.25) is 0 Å². The molecule has 0 unspecified atom stereocenters. The summed E-state index contributed by atoms with van der Waals surface area (Å²) >= 11 is 0. The van der Waals surface area contributed by atoms with Gasteiger partial charge in [0.05, 0.1) is 5.56 Å². The van der Waals surface area contributed by atoms with Crippen molar-refractivity contribution in [3.63, 3.8) is 0 Å². The molecule has 1 heterocycles. The van der Waals surface area contributed by atoms with Gasteiger partial charge >= 0.3 is 12.0 Å². The Balaban J connectivity index is 1.38. The summed E-state index contributed by atoms with van der Waals surface area (Å²) in [5, 5.41) is 5.93. The molecule has 1 fully saturated rings. The molecule has 210 valence electrons. The van der Waals surface area contributed by atoms with Gasteiger partial charge < -0.3 is 20.3 Å². The van der Waals surface area contributed by atoms with Crippen LogP contribution in [0.4, 0.5) is 16.2 Å². The molecule has 40 heavy (non-hydrogen) atoms. The van der Waals surface area contributed by atoms with E-state index in [1.807, 2.05) is 88.4 Å². The largest absolute Gasteiger partial charge is 0.456 e. The minimum absolute atomic E-state index is 0.0387. The van der Waals surface area contributed by atoms with Gasteiger partial charge in [-0.3, -0.25) is 4.79 Å². The van der Waals surface area contributed by atoms with Crippen LogP contribution in [0, 0.1) is 5.92 Å².